The molecule has 0 saturated heterocycles. The molecule has 0 amide bonds. The van der Waals surface area contributed by atoms with Crippen molar-refractivity contribution in [3.05, 3.63) is 0 Å². The SMILES string of the molecule is CC[C@H]1CC[C@H](CC[C@H]2CC[C@H](COC)CC2)CC1. The first kappa shape index (κ1) is 15.4. The average molecular weight is 266 g/mol. The zero-order valence-corrected chi connectivity index (χ0v) is 13.2. The van der Waals surface area contributed by atoms with E-state index >= 15 is 0 Å². The summed E-state index contributed by atoms with van der Waals surface area (Å²) in [5.41, 5.74) is 0. The lowest BCUT2D eigenvalue weighted by Crippen LogP contribution is -2.20. The highest BCUT2D eigenvalue weighted by molar-refractivity contribution is 4.76. The van der Waals surface area contributed by atoms with E-state index in [0.717, 1.165) is 30.3 Å². The Morgan fingerprint density at radius 2 is 1.11 bits per heavy atom. The molecule has 112 valence electrons. The molecule has 0 spiro atoms. The van der Waals surface area contributed by atoms with Crippen molar-refractivity contribution < 1.29 is 4.74 Å². The molecular formula is C18H34O. The lowest BCUT2D eigenvalue weighted by Gasteiger charge is -2.31. The molecule has 2 saturated carbocycles. The van der Waals surface area contributed by atoms with Gasteiger partial charge in [-0.1, -0.05) is 64.7 Å². The quantitative estimate of drug-likeness (QED) is 0.622. The summed E-state index contributed by atoms with van der Waals surface area (Å²) in [6, 6.07) is 0. The monoisotopic (exact) mass is 266 g/mol. The maximum Gasteiger partial charge on any atom is 0.0490 e. The van der Waals surface area contributed by atoms with Gasteiger partial charge in [0.1, 0.15) is 0 Å². The van der Waals surface area contributed by atoms with Gasteiger partial charge in [-0.3, -0.25) is 0 Å². The molecule has 0 aromatic carbocycles. The van der Waals surface area contributed by atoms with Crippen LogP contribution in [0.15, 0.2) is 0 Å². The predicted molar refractivity (Wildman–Crippen MR) is 82.3 cm³/mol. The molecule has 2 fully saturated rings. The van der Waals surface area contributed by atoms with Crippen LogP contribution in [0.4, 0.5) is 0 Å². The van der Waals surface area contributed by atoms with Gasteiger partial charge in [0.2, 0.25) is 0 Å². The van der Waals surface area contributed by atoms with Crippen molar-refractivity contribution in [3.8, 4) is 0 Å². The number of rotatable bonds is 6. The van der Waals surface area contributed by atoms with Crippen molar-refractivity contribution in [2.24, 2.45) is 23.7 Å². The van der Waals surface area contributed by atoms with Crippen LogP contribution < -0.4 is 0 Å². The van der Waals surface area contributed by atoms with E-state index in [-0.39, 0.29) is 0 Å². The fourth-order valence-corrected chi connectivity index (χ4v) is 4.32. The van der Waals surface area contributed by atoms with E-state index in [1.165, 1.54) is 70.6 Å². The van der Waals surface area contributed by atoms with Crippen molar-refractivity contribution in [1.29, 1.82) is 0 Å². The molecular weight excluding hydrogens is 232 g/mol. The Hall–Kier alpha value is -0.0400. The van der Waals surface area contributed by atoms with Gasteiger partial charge in [0.05, 0.1) is 0 Å². The first-order chi connectivity index (χ1) is 9.31. The van der Waals surface area contributed by atoms with E-state index < -0.39 is 0 Å². The van der Waals surface area contributed by atoms with Gasteiger partial charge in [-0.2, -0.15) is 0 Å². The van der Waals surface area contributed by atoms with E-state index in [1.54, 1.807) is 0 Å². The minimum Gasteiger partial charge on any atom is -0.384 e. The standard InChI is InChI=1S/C18H34O/c1-3-15-4-6-16(7-5-15)8-9-17-10-12-18(13-11-17)14-19-2/h15-18H,3-14H2,1-2H3/t15-,16-,17-,18-. The molecule has 2 aliphatic rings. The van der Waals surface area contributed by atoms with Gasteiger partial charge in [0.15, 0.2) is 0 Å². The van der Waals surface area contributed by atoms with Gasteiger partial charge < -0.3 is 4.74 Å². The van der Waals surface area contributed by atoms with E-state index in [1.807, 2.05) is 7.11 Å². The van der Waals surface area contributed by atoms with Crippen molar-refractivity contribution in [2.45, 2.75) is 77.6 Å². The van der Waals surface area contributed by atoms with Crippen LogP contribution in [0.2, 0.25) is 0 Å². The maximum absolute atomic E-state index is 5.29. The van der Waals surface area contributed by atoms with Gasteiger partial charge in [0, 0.05) is 13.7 Å². The summed E-state index contributed by atoms with van der Waals surface area (Å²) in [6.45, 7) is 3.36. The summed E-state index contributed by atoms with van der Waals surface area (Å²) in [4.78, 5) is 0. The molecule has 19 heavy (non-hydrogen) atoms. The summed E-state index contributed by atoms with van der Waals surface area (Å²) in [5.74, 6) is 4.03. The molecule has 0 aromatic heterocycles. The molecule has 2 rings (SSSR count). The second kappa shape index (κ2) is 8.29. The van der Waals surface area contributed by atoms with E-state index in [9.17, 15) is 0 Å². The van der Waals surface area contributed by atoms with Crippen LogP contribution in [0, 0.1) is 23.7 Å². The number of methoxy groups -OCH3 is 1. The van der Waals surface area contributed by atoms with Crippen LogP contribution in [-0.4, -0.2) is 13.7 Å². The Bertz CT molecular complexity index is 222. The third kappa shape index (κ3) is 5.10. The lowest BCUT2D eigenvalue weighted by atomic mass is 9.75. The molecule has 0 radical (unpaired) electrons. The van der Waals surface area contributed by atoms with Gasteiger partial charge in [-0.25, -0.2) is 0 Å². The summed E-state index contributed by atoms with van der Waals surface area (Å²) in [5, 5.41) is 0. The van der Waals surface area contributed by atoms with Crippen molar-refractivity contribution in [3.63, 3.8) is 0 Å². The molecule has 2 aliphatic carbocycles. The normalized spacial score (nSPS) is 36.3. The molecule has 0 heterocycles. The Morgan fingerprint density at radius 1 is 0.684 bits per heavy atom. The van der Waals surface area contributed by atoms with Crippen molar-refractivity contribution >= 4 is 0 Å². The van der Waals surface area contributed by atoms with Crippen LogP contribution in [0.5, 0.6) is 0 Å². The number of hydrogen-bond acceptors (Lipinski definition) is 1. The van der Waals surface area contributed by atoms with Crippen LogP contribution in [0.25, 0.3) is 0 Å². The van der Waals surface area contributed by atoms with E-state index in [2.05, 4.69) is 6.92 Å². The topological polar surface area (TPSA) is 9.23 Å². The Kier molecular flexibility index (Phi) is 6.70. The van der Waals surface area contributed by atoms with Crippen molar-refractivity contribution in [1.82, 2.24) is 0 Å². The van der Waals surface area contributed by atoms with Crippen LogP contribution >= 0.6 is 0 Å². The number of hydrogen-bond donors (Lipinski definition) is 0. The molecule has 0 aliphatic heterocycles. The highest BCUT2D eigenvalue weighted by Crippen LogP contribution is 2.37. The molecule has 0 atom stereocenters. The minimum atomic E-state index is 0.862. The van der Waals surface area contributed by atoms with E-state index in [4.69, 9.17) is 4.74 Å². The minimum absolute atomic E-state index is 0.862. The van der Waals surface area contributed by atoms with Crippen LogP contribution in [0.1, 0.15) is 77.6 Å². The second-order valence-electron chi connectivity index (χ2n) is 7.21. The van der Waals surface area contributed by atoms with Gasteiger partial charge in [-0.05, 0) is 36.5 Å². The second-order valence-corrected chi connectivity index (χ2v) is 7.21. The first-order valence-electron chi connectivity index (χ1n) is 8.80. The lowest BCUT2D eigenvalue weighted by molar-refractivity contribution is 0.115. The Balaban J connectivity index is 1.57. The molecule has 0 aromatic rings. The third-order valence-electron chi connectivity index (χ3n) is 5.90. The fraction of sp³-hybridized carbons (Fsp3) is 1.00. The molecule has 1 nitrogen and oxygen atoms in total. The summed E-state index contributed by atoms with van der Waals surface area (Å²) >= 11 is 0. The highest BCUT2D eigenvalue weighted by atomic mass is 16.5. The Labute approximate surface area is 120 Å². The molecule has 0 N–H and O–H groups in total. The maximum atomic E-state index is 5.29. The summed E-state index contributed by atoms with van der Waals surface area (Å²) < 4.78 is 5.29. The smallest absolute Gasteiger partial charge is 0.0490 e. The van der Waals surface area contributed by atoms with Gasteiger partial charge >= 0.3 is 0 Å². The molecule has 1 heteroatoms. The number of ether oxygens (including phenoxy) is 1. The van der Waals surface area contributed by atoms with E-state index in [0.29, 0.717) is 0 Å². The summed E-state index contributed by atoms with van der Waals surface area (Å²) in [7, 11) is 1.85. The fourth-order valence-electron chi connectivity index (χ4n) is 4.32. The van der Waals surface area contributed by atoms with Gasteiger partial charge in [0.25, 0.3) is 0 Å². The molecule has 0 unspecified atom stereocenters. The Morgan fingerprint density at radius 3 is 1.53 bits per heavy atom. The zero-order valence-electron chi connectivity index (χ0n) is 13.2. The van der Waals surface area contributed by atoms with Crippen LogP contribution in [-0.2, 0) is 4.74 Å². The third-order valence-corrected chi connectivity index (χ3v) is 5.90. The average Bonchev–Trinajstić information content (AvgIpc) is 2.47. The molecule has 0 bridgehead atoms. The zero-order chi connectivity index (χ0) is 13.5. The van der Waals surface area contributed by atoms with Gasteiger partial charge in [-0.15, -0.1) is 0 Å². The first-order valence-corrected chi connectivity index (χ1v) is 8.80. The predicted octanol–water partition coefficient (Wildman–Crippen LogP) is 5.44. The van der Waals surface area contributed by atoms with Crippen molar-refractivity contribution in [2.75, 3.05) is 13.7 Å². The van der Waals surface area contributed by atoms with Crippen LogP contribution in [0.3, 0.4) is 0 Å². The largest absolute Gasteiger partial charge is 0.384 e. The summed E-state index contributed by atoms with van der Waals surface area (Å²) in [6.07, 6.45) is 16.3. The highest BCUT2D eigenvalue weighted by Gasteiger charge is 2.24.